The van der Waals surface area contributed by atoms with E-state index in [2.05, 4.69) is 17.5 Å². The Morgan fingerprint density at radius 2 is 1.92 bits per heavy atom. The van der Waals surface area contributed by atoms with Crippen LogP contribution in [0, 0.1) is 16.0 Å². The fraction of sp³-hybridized carbons (Fsp3) is 0.211. The molecule has 0 saturated carbocycles. The van der Waals surface area contributed by atoms with E-state index >= 15 is 0 Å². The number of nitrogens with zero attached hydrogens (tertiary/aromatic N) is 1. The van der Waals surface area contributed by atoms with Crippen molar-refractivity contribution >= 4 is 17.3 Å². The number of nitrogens with one attached hydrogen (secondary N) is 1. The Kier molecular flexibility index (Phi) is 3.53. The molecule has 0 spiro atoms. The van der Waals surface area contributed by atoms with Crippen molar-refractivity contribution in [2.75, 3.05) is 5.32 Å². The fourth-order valence-corrected chi connectivity index (χ4v) is 3.85. The lowest BCUT2D eigenvalue weighted by Gasteiger charge is -2.37. The molecule has 0 saturated heterocycles. The summed E-state index contributed by atoms with van der Waals surface area (Å²) < 4.78 is 0. The van der Waals surface area contributed by atoms with Crippen molar-refractivity contribution in [2.45, 2.75) is 18.4 Å². The lowest BCUT2D eigenvalue weighted by molar-refractivity contribution is -0.384. The number of fused-ring (bicyclic) bond motifs is 3. The first-order chi connectivity index (χ1) is 12.0. The molecular weight excluding hydrogens is 320 g/mol. The third-order valence-corrected chi connectivity index (χ3v) is 5.06. The lowest BCUT2D eigenvalue weighted by Crippen LogP contribution is -2.29. The topological polar surface area (TPSA) is 95.3 Å². The normalized spacial score (nSPS) is 23.4. The molecule has 6 nitrogen and oxygen atoms in total. The van der Waals surface area contributed by atoms with E-state index in [1.165, 1.54) is 6.07 Å². The van der Waals surface area contributed by atoms with Crippen LogP contribution in [0.2, 0.25) is 0 Å². The van der Waals surface area contributed by atoms with Crippen LogP contribution < -0.4 is 10.4 Å². The van der Waals surface area contributed by atoms with Crippen LogP contribution in [0.15, 0.2) is 54.6 Å². The molecule has 1 aliphatic heterocycles. The number of hydrogen-bond donors (Lipinski definition) is 1. The highest BCUT2D eigenvalue weighted by Gasteiger charge is 2.38. The largest absolute Gasteiger partial charge is 0.545 e. The minimum Gasteiger partial charge on any atom is -0.545 e. The molecule has 0 unspecified atom stereocenters. The van der Waals surface area contributed by atoms with Gasteiger partial charge in [-0.15, -0.1) is 0 Å². The van der Waals surface area contributed by atoms with E-state index in [1.807, 2.05) is 0 Å². The summed E-state index contributed by atoms with van der Waals surface area (Å²) in [5, 5.41) is 25.5. The van der Waals surface area contributed by atoms with Gasteiger partial charge in [-0.3, -0.25) is 10.1 Å². The van der Waals surface area contributed by atoms with Crippen LogP contribution in [0.4, 0.5) is 11.4 Å². The summed E-state index contributed by atoms with van der Waals surface area (Å²) >= 11 is 0. The van der Waals surface area contributed by atoms with E-state index in [0.717, 1.165) is 23.2 Å². The first-order valence-electron chi connectivity index (χ1n) is 8.07. The number of carboxylic acid groups (broad SMARTS) is 1. The van der Waals surface area contributed by atoms with Crippen LogP contribution in [0.25, 0.3) is 0 Å². The number of nitro groups is 1. The molecule has 6 heteroatoms. The van der Waals surface area contributed by atoms with Crippen molar-refractivity contribution in [3.05, 3.63) is 81.4 Å². The van der Waals surface area contributed by atoms with Gasteiger partial charge in [0, 0.05) is 23.7 Å². The van der Waals surface area contributed by atoms with Crippen molar-refractivity contribution in [2.24, 2.45) is 5.92 Å². The monoisotopic (exact) mass is 335 g/mol. The SMILES string of the molecule is O=C([O-])c1ccc([C@@H]2Nc3ccc([N+](=O)[O-])cc3[C@H]3C=CC[C@@H]32)cc1. The minimum atomic E-state index is -1.19. The molecule has 1 heterocycles. The number of hydrogen-bond acceptors (Lipinski definition) is 5. The molecule has 25 heavy (non-hydrogen) atoms. The molecule has 4 rings (SSSR count). The van der Waals surface area contributed by atoms with Crippen molar-refractivity contribution < 1.29 is 14.8 Å². The summed E-state index contributed by atoms with van der Waals surface area (Å²) in [6.07, 6.45) is 5.08. The number of allylic oxidation sites excluding steroid dienone is 2. The molecule has 0 radical (unpaired) electrons. The van der Waals surface area contributed by atoms with Gasteiger partial charge in [-0.25, -0.2) is 0 Å². The Bertz CT molecular complexity index is 889. The van der Waals surface area contributed by atoms with Crippen molar-refractivity contribution in [1.82, 2.24) is 0 Å². The standard InChI is InChI=1S/C19H16N2O4/c22-19(23)12-6-4-11(5-7-12)18-15-3-1-2-14(15)16-10-13(21(24)25)8-9-17(16)20-18/h1-2,4-10,14-15,18,20H,3H2,(H,22,23)/p-1/t14-,15-,18-/m0/s1. The number of carbonyl (C=O) groups is 1. The van der Waals surface area contributed by atoms with Crippen LogP contribution in [0.1, 0.15) is 39.9 Å². The second kappa shape index (κ2) is 5.73. The number of benzene rings is 2. The average Bonchev–Trinajstić information content (AvgIpc) is 3.10. The molecule has 1 aliphatic carbocycles. The second-order valence-corrected chi connectivity index (χ2v) is 6.41. The zero-order chi connectivity index (χ0) is 17.6. The van der Waals surface area contributed by atoms with Gasteiger partial charge in [0.2, 0.25) is 0 Å². The second-order valence-electron chi connectivity index (χ2n) is 6.41. The van der Waals surface area contributed by atoms with Gasteiger partial charge < -0.3 is 15.2 Å². The molecule has 0 aromatic heterocycles. The molecule has 0 fully saturated rings. The van der Waals surface area contributed by atoms with Gasteiger partial charge in [0.25, 0.3) is 5.69 Å². The number of carbonyl (C=O) groups excluding carboxylic acids is 1. The van der Waals surface area contributed by atoms with Gasteiger partial charge in [0.1, 0.15) is 0 Å². The van der Waals surface area contributed by atoms with Gasteiger partial charge >= 0.3 is 0 Å². The first-order valence-corrected chi connectivity index (χ1v) is 8.07. The Balaban J connectivity index is 1.72. The number of aromatic carboxylic acids is 1. The van der Waals surface area contributed by atoms with Crippen LogP contribution in [0.3, 0.4) is 0 Å². The van der Waals surface area contributed by atoms with Crippen molar-refractivity contribution in [3.63, 3.8) is 0 Å². The Hall–Kier alpha value is -3.15. The third kappa shape index (κ3) is 2.55. The van der Waals surface area contributed by atoms with Crippen molar-refractivity contribution in [3.8, 4) is 0 Å². The third-order valence-electron chi connectivity index (χ3n) is 5.06. The maximum absolute atomic E-state index is 11.1. The first kappa shape index (κ1) is 15.4. The smallest absolute Gasteiger partial charge is 0.269 e. The molecule has 3 atom stereocenters. The van der Waals surface area contributed by atoms with E-state index in [1.54, 1.807) is 36.4 Å². The average molecular weight is 335 g/mol. The van der Waals surface area contributed by atoms with Gasteiger partial charge in [0.15, 0.2) is 0 Å². The molecule has 2 aliphatic rings. The summed E-state index contributed by atoms with van der Waals surface area (Å²) in [5.74, 6) is -0.841. The summed E-state index contributed by atoms with van der Waals surface area (Å²) in [5.41, 5.74) is 3.06. The highest BCUT2D eigenvalue weighted by atomic mass is 16.6. The summed E-state index contributed by atoms with van der Waals surface area (Å²) in [6, 6.07) is 11.6. The maximum Gasteiger partial charge on any atom is 0.269 e. The Labute approximate surface area is 144 Å². The predicted octanol–water partition coefficient (Wildman–Crippen LogP) is 2.78. The van der Waals surface area contributed by atoms with Gasteiger partial charge in [-0.1, -0.05) is 36.4 Å². The van der Waals surface area contributed by atoms with E-state index in [4.69, 9.17) is 0 Å². The van der Waals surface area contributed by atoms with Crippen LogP contribution in [-0.2, 0) is 0 Å². The number of carboxylic acids is 1. The molecular formula is C19H15N2O4-. The Morgan fingerprint density at radius 3 is 2.60 bits per heavy atom. The summed E-state index contributed by atoms with van der Waals surface area (Å²) in [4.78, 5) is 21.6. The number of anilines is 1. The summed E-state index contributed by atoms with van der Waals surface area (Å²) in [6.45, 7) is 0. The number of non-ortho nitro benzene ring substituents is 1. The zero-order valence-electron chi connectivity index (χ0n) is 13.2. The van der Waals surface area contributed by atoms with E-state index in [0.29, 0.717) is 0 Å². The van der Waals surface area contributed by atoms with Crippen LogP contribution >= 0.6 is 0 Å². The van der Waals surface area contributed by atoms with E-state index in [9.17, 15) is 20.0 Å². The van der Waals surface area contributed by atoms with Crippen molar-refractivity contribution in [1.29, 1.82) is 0 Å². The minimum absolute atomic E-state index is 0.0183. The molecule has 2 aromatic carbocycles. The zero-order valence-corrected chi connectivity index (χ0v) is 13.2. The lowest BCUT2D eigenvalue weighted by atomic mass is 9.77. The van der Waals surface area contributed by atoms with Crippen LogP contribution in [-0.4, -0.2) is 10.9 Å². The quantitative estimate of drug-likeness (QED) is 0.529. The van der Waals surface area contributed by atoms with Crippen LogP contribution in [0.5, 0.6) is 0 Å². The highest BCUT2D eigenvalue weighted by Crippen LogP contribution is 2.50. The van der Waals surface area contributed by atoms with E-state index < -0.39 is 5.97 Å². The molecule has 126 valence electrons. The molecule has 1 N–H and O–H groups in total. The van der Waals surface area contributed by atoms with Gasteiger partial charge in [0.05, 0.1) is 16.9 Å². The molecule has 0 amide bonds. The molecule has 0 bridgehead atoms. The fourth-order valence-electron chi connectivity index (χ4n) is 3.85. The predicted molar refractivity (Wildman–Crippen MR) is 90.2 cm³/mol. The van der Waals surface area contributed by atoms with E-state index in [-0.39, 0.29) is 34.1 Å². The Morgan fingerprint density at radius 1 is 1.16 bits per heavy atom. The highest BCUT2D eigenvalue weighted by molar-refractivity contribution is 5.85. The number of rotatable bonds is 3. The van der Waals surface area contributed by atoms with Gasteiger partial charge in [-0.05, 0) is 35.1 Å². The molecule has 2 aromatic rings. The number of nitro benzene ring substituents is 1. The maximum atomic E-state index is 11.1. The summed E-state index contributed by atoms with van der Waals surface area (Å²) in [7, 11) is 0. The van der Waals surface area contributed by atoms with Gasteiger partial charge in [-0.2, -0.15) is 0 Å².